The van der Waals surface area contributed by atoms with E-state index >= 15 is 0 Å². The van der Waals surface area contributed by atoms with E-state index in [0.29, 0.717) is 40.7 Å². The van der Waals surface area contributed by atoms with E-state index in [1.54, 1.807) is 55.3 Å². The van der Waals surface area contributed by atoms with E-state index in [0.717, 1.165) is 11.9 Å². The molecule has 0 spiro atoms. The third-order valence-corrected chi connectivity index (χ3v) is 6.24. The summed E-state index contributed by atoms with van der Waals surface area (Å²) in [6, 6.07) is 20.8. The van der Waals surface area contributed by atoms with Gasteiger partial charge in [0.05, 0.1) is 19.7 Å². The third kappa shape index (κ3) is 6.11. The molecule has 9 nitrogen and oxygen atoms in total. The lowest BCUT2D eigenvalue weighted by atomic mass is 10.0. The highest BCUT2D eigenvalue weighted by Gasteiger charge is 2.33. The van der Waals surface area contributed by atoms with Gasteiger partial charge >= 0.3 is 0 Å². The molecule has 0 aliphatic carbocycles. The molecular formula is C29H33N5O4. The first kappa shape index (κ1) is 26.7. The first-order valence-corrected chi connectivity index (χ1v) is 12.6. The number of carbonyl (C=O) groups is 2. The summed E-state index contributed by atoms with van der Waals surface area (Å²) in [6.07, 6.45) is 0.814. The lowest BCUT2D eigenvalue weighted by molar-refractivity contribution is -0.127. The van der Waals surface area contributed by atoms with Crippen LogP contribution in [0.3, 0.4) is 0 Å². The Balaban J connectivity index is 1.80. The lowest BCUT2D eigenvalue weighted by Gasteiger charge is -2.32. The van der Waals surface area contributed by atoms with Gasteiger partial charge in [0, 0.05) is 18.3 Å². The van der Waals surface area contributed by atoms with Gasteiger partial charge in [-0.25, -0.2) is 4.68 Å². The van der Waals surface area contributed by atoms with Gasteiger partial charge in [-0.3, -0.25) is 14.5 Å². The molecule has 4 aromatic rings. The van der Waals surface area contributed by atoms with Crippen LogP contribution in [0.25, 0.3) is 11.0 Å². The van der Waals surface area contributed by atoms with Gasteiger partial charge in [0.2, 0.25) is 11.8 Å². The molecule has 0 saturated heterocycles. The van der Waals surface area contributed by atoms with Crippen molar-refractivity contribution < 1.29 is 19.1 Å². The molecule has 0 unspecified atom stereocenters. The summed E-state index contributed by atoms with van der Waals surface area (Å²) in [7, 11) is 3.13. The standard InChI is InChI=1S/C29H33N5O4/c1-20(2)15-16-30-29(36)28(21-9-7-11-23(17-21)37-3)34(22-10-8-12-24(18-22)38-4)27(35)19-33-26-14-6-5-13-25(26)31-32-33/h5-14,17-18,20,28H,15-16,19H2,1-4H3,(H,30,36)/t28-/m1/s1. The molecule has 198 valence electrons. The van der Waals surface area contributed by atoms with E-state index < -0.39 is 6.04 Å². The van der Waals surface area contributed by atoms with Crippen LogP contribution >= 0.6 is 0 Å². The lowest BCUT2D eigenvalue weighted by Crippen LogP contribution is -2.45. The second-order valence-corrected chi connectivity index (χ2v) is 9.35. The Hall–Kier alpha value is -4.40. The quantitative estimate of drug-likeness (QED) is 0.318. The number of methoxy groups -OCH3 is 2. The molecule has 0 radical (unpaired) electrons. The van der Waals surface area contributed by atoms with Crippen molar-refractivity contribution in [2.24, 2.45) is 5.92 Å². The maximum absolute atomic E-state index is 14.1. The van der Waals surface area contributed by atoms with Crippen LogP contribution < -0.4 is 19.7 Å². The van der Waals surface area contributed by atoms with Crippen molar-refractivity contribution in [1.82, 2.24) is 20.3 Å². The molecule has 1 heterocycles. The number of hydrogen-bond donors (Lipinski definition) is 1. The van der Waals surface area contributed by atoms with E-state index in [1.807, 2.05) is 36.4 Å². The van der Waals surface area contributed by atoms with Gasteiger partial charge in [0.1, 0.15) is 29.6 Å². The van der Waals surface area contributed by atoms with Gasteiger partial charge in [-0.15, -0.1) is 5.10 Å². The fourth-order valence-corrected chi connectivity index (χ4v) is 4.25. The van der Waals surface area contributed by atoms with Gasteiger partial charge in [0.25, 0.3) is 0 Å². The minimum Gasteiger partial charge on any atom is -0.497 e. The molecular weight excluding hydrogens is 482 g/mol. The van der Waals surface area contributed by atoms with E-state index in [1.165, 1.54) is 4.90 Å². The molecule has 38 heavy (non-hydrogen) atoms. The Bertz CT molecular complexity index is 1400. The van der Waals surface area contributed by atoms with Crippen LogP contribution in [0.4, 0.5) is 5.69 Å². The van der Waals surface area contributed by atoms with Crippen LogP contribution in [0.15, 0.2) is 72.8 Å². The van der Waals surface area contributed by atoms with Gasteiger partial charge < -0.3 is 14.8 Å². The number of amides is 2. The summed E-state index contributed by atoms with van der Waals surface area (Å²) in [5, 5.41) is 11.4. The second kappa shape index (κ2) is 12.2. The van der Waals surface area contributed by atoms with Crippen molar-refractivity contribution in [3.63, 3.8) is 0 Å². The predicted octanol–water partition coefficient (Wildman–Crippen LogP) is 4.39. The van der Waals surface area contributed by atoms with Crippen LogP contribution in [0.5, 0.6) is 11.5 Å². The SMILES string of the molecule is COc1cccc([C@H](C(=O)NCCC(C)C)N(C(=O)Cn2nnc3ccccc32)c2cccc(OC)c2)c1. The van der Waals surface area contributed by atoms with Crippen LogP contribution in [-0.2, 0) is 16.1 Å². The summed E-state index contributed by atoms with van der Waals surface area (Å²) in [6.45, 7) is 4.57. The molecule has 4 rings (SSSR count). The number of rotatable bonds is 11. The van der Waals surface area contributed by atoms with Crippen molar-refractivity contribution in [2.75, 3.05) is 25.7 Å². The van der Waals surface area contributed by atoms with Crippen molar-refractivity contribution in [3.8, 4) is 11.5 Å². The number of aromatic nitrogens is 3. The number of para-hydroxylation sites is 1. The van der Waals surface area contributed by atoms with E-state index in [9.17, 15) is 9.59 Å². The summed E-state index contributed by atoms with van der Waals surface area (Å²) < 4.78 is 12.4. The van der Waals surface area contributed by atoms with Crippen molar-refractivity contribution in [1.29, 1.82) is 0 Å². The van der Waals surface area contributed by atoms with Gasteiger partial charge in [-0.05, 0) is 54.3 Å². The molecule has 3 aromatic carbocycles. The topological polar surface area (TPSA) is 98.6 Å². The largest absolute Gasteiger partial charge is 0.497 e. The second-order valence-electron chi connectivity index (χ2n) is 9.35. The van der Waals surface area contributed by atoms with Crippen molar-refractivity contribution >= 4 is 28.5 Å². The monoisotopic (exact) mass is 515 g/mol. The number of benzene rings is 3. The highest BCUT2D eigenvalue weighted by molar-refractivity contribution is 6.01. The Morgan fingerprint density at radius 1 is 0.947 bits per heavy atom. The summed E-state index contributed by atoms with van der Waals surface area (Å²) in [5.41, 5.74) is 2.55. The average molecular weight is 516 g/mol. The maximum atomic E-state index is 14.1. The fraction of sp³-hybridized carbons (Fsp3) is 0.310. The first-order valence-electron chi connectivity index (χ1n) is 12.6. The minimum atomic E-state index is -0.966. The Labute approximate surface area is 222 Å². The Morgan fingerprint density at radius 3 is 2.39 bits per heavy atom. The van der Waals surface area contributed by atoms with Gasteiger partial charge in [0.15, 0.2) is 0 Å². The molecule has 9 heteroatoms. The smallest absolute Gasteiger partial charge is 0.249 e. The van der Waals surface area contributed by atoms with Gasteiger partial charge in [-0.1, -0.05) is 49.4 Å². The number of ether oxygens (including phenoxy) is 2. The highest BCUT2D eigenvalue weighted by Crippen LogP contribution is 2.32. The number of fused-ring (bicyclic) bond motifs is 1. The van der Waals surface area contributed by atoms with Crippen molar-refractivity contribution in [3.05, 3.63) is 78.4 Å². The summed E-state index contributed by atoms with van der Waals surface area (Å²) in [5.74, 6) is 0.945. The fourth-order valence-electron chi connectivity index (χ4n) is 4.25. The average Bonchev–Trinajstić information content (AvgIpc) is 3.33. The molecule has 1 N–H and O–H groups in total. The summed E-state index contributed by atoms with van der Waals surface area (Å²) >= 11 is 0. The highest BCUT2D eigenvalue weighted by atomic mass is 16.5. The predicted molar refractivity (Wildman–Crippen MR) is 146 cm³/mol. The van der Waals surface area contributed by atoms with E-state index in [4.69, 9.17) is 9.47 Å². The normalized spacial score (nSPS) is 11.8. The minimum absolute atomic E-state index is 0.114. The molecule has 0 bridgehead atoms. The van der Waals surface area contributed by atoms with Gasteiger partial charge in [-0.2, -0.15) is 0 Å². The van der Waals surface area contributed by atoms with E-state index in [-0.39, 0.29) is 18.4 Å². The number of hydrogen-bond acceptors (Lipinski definition) is 6. The number of anilines is 1. The first-order chi connectivity index (χ1) is 18.4. The zero-order valence-corrected chi connectivity index (χ0v) is 22.1. The summed E-state index contributed by atoms with van der Waals surface area (Å²) in [4.78, 5) is 29.4. The zero-order chi connectivity index (χ0) is 27.1. The molecule has 0 aliphatic heterocycles. The van der Waals surface area contributed by atoms with Crippen LogP contribution in [0.2, 0.25) is 0 Å². The van der Waals surface area contributed by atoms with Crippen LogP contribution in [0, 0.1) is 5.92 Å². The van der Waals surface area contributed by atoms with Crippen LogP contribution in [0.1, 0.15) is 31.9 Å². The molecule has 0 fully saturated rings. The zero-order valence-electron chi connectivity index (χ0n) is 22.1. The molecule has 0 aliphatic rings. The number of nitrogens with zero attached hydrogens (tertiary/aromatic N) is 4. The number of nitrogens with one attached hydrogen (secondary N) is 1. The molecule has 1 aromatic heterocycles. The van der Waals surface area contributed by atoms with E-state index in [2.05, 4.69) is 29.5 Å². The molecule has 2 amide bonds. The van der Waals surface area contributed by atoms with Crippen molar-refractivity contribution in [2.45, 2.75) is 32.9 Å². The molecule has 0 saturated carbocycles. The maximum Gasteiger partial charge on any atom is 0.249 e. The Morgan fingerprint density at radius 2 is 1.66 bits per heavy atom. The molecule has 1 atom stereocenters. The number of carbonyl (C=O) groups excluding carboxylic acids is 2. The third-order valence-electron chi connectivity index (χ3n) is 6.24. The van der Waals surface area contributed by atoms with Crippen LogP contribution in [-0.4, -0.2) is 47.6 Å². The Kier molecular flexibility index (Phi) is 8.58.